The third-order valence-corrected chi connectivity index (χ3v) is 3.14. The first-order valence-electron chi connectivity index (χ1n) is 6.28. The molecule has 0 spiro atoms. The summed E-state index contributed by atoms with van der Waals surface area (Å²) in [7, 11) is 0. The van der Waals surface area contributed by atoms with Crippen LogP contribution in [0.4, 0.5) is 0 Å². The molecule has 1 saturated carbocycles. The lowest BCUT2D eigenvalue weighted by molar-refractivity contribution is -0.301. The lowest BCUT2D eigenvalue weighted by Crippen LogP contribution is -2.51. The molecular weight excluding hydrogens is 240 g/mol. The minimum atomic E-state index is -1.26. The fourth-order valence-corrected chi connectivity index (χ4v) is 2.02. The molecule has 0 aromatic rings. The highest BCUT2D eigenvalue weighted by molar-refractivity contribution is 6.00. The molecule has 1 fully saturated rings. The zero-order chi connectivity index (χ0) is 13.6. The van der Waals surface area contributed by atoms with E-state index in [1.807, 2.05) is 6.92 Å². The summed E-state index contributed by atoms with van der Waals surface area (Å²) in [5, 5.41) is 0. The van der Waals surface area contributed by atoms with Crippen LogP contribution in [0.1, 0.15) is 40.0 Å². The van der Waals surface area contributed by atoms with E-state index in [4.69, 9.17) is 0 Å². The lowest BCUT2D eigenvalue weighted by atomic mass is 9.61. The standard InChI is InChI=1S/C12H20O6/c1-4-9-7-12(8-9,10(13)17-15-5-2)11(14)18-16-6-3/h9H,4-8H2,1-3H3. The molecule has 0 aromatic heterocycles. The topological polar surface area (TPSA) is 71.1 Å². The number of carbonyl (C=O) groups is 2. The Morgan fingerprint density at radius 2 is 1.44 bits per heavy atom. The van der Waals surface area contributed by atoms with Gasteiger partial charge in [0.1, 0.15) is 0 Å². The average Bonchev–Trinajstić information content (AvgIpc) is 2.32. The van der Waals surface area contributed by atoms with Gasteiger partial charge in [0.05, 0.1) is 13.2 Å². The van der Waals surface area contributed by atoms with Crippen molar-refractivity contribution in [1.82, 2.24) is 0 Å². The molecule has 1 rings (SSSR count). The van der Waals surface area contributed by atoms with Gasteiger partial charge in [-0.1, -0.05) is 13.3 Å². The van der Waals surface area contributed by atoms with Crippen molar-refractivity contribution in [2.45, 2.75) is 40.0 Å². The van der Waals surface area contributed by atoms with Crippen LogP contribution in [0.3, 0.4) is 0 Å². The normalized spacial score (nSPS) is 17.9. The van der Waals surface area contributed by atoms with Gasteiger partial charge in [0.25, 0.3) is 0 Å². The summed E-state index contributed by atoms with van der Waals surface area (Å²) in [5.41, 5.74) is -1.26. The van der Waals surface area contributed by atoms with Crippen LogP contribution in [0.2, 0.25) is 0 Å². The maximum atomic E-state index is 11.9. The van der Waals surface area contributed by atoms with Crippen LogP contribution in [0.5, 0.6) is 0 Å². The van der Waals surface area contributed by atoms with Crippen molar-refractivity contribution in [3.8, 4) is 0 Å². The average molecular weight is 260 g/mol. The highest BCUT2D eigenvalue weighted by atomic mass is 17.2. The Labute approximate surface area is 106 Å². The van der Waals surface area contributed by atoms with Crippen LogP contribution < -0.4 is 0 Å². The fourth-order valence-electron chi connectivity index (χ4n) is 2.02. The Bertz CT molecular complexity index is 273. The van der Waals surface area contributed by atoms with Crippen molar-refractivity contribution in [1.29, 1.82) is 0 Å². The molecule has 0 radical (unpaired) electrons. The Morgan fingerprint density at radius 3 is 1.78 bits per heavy atom. The minimum absolute atomic E-state index is 0.236. The van der Waals surface area contributed by atoms with Gasteiger partial charge >= 0.3 is 11.9 Å². The zero-order valence-corrected chi connectivity index (χ0v) is 11.1. The molecular formula is C12H20O6. The Kier molecular flexibility index (Phi) is 5.55. The van der Waals surface area contributed by atoms with E-state index in [2.05, 4.69) is 19.6 Å². The second kappa shape index (κ2) is 6.70. The van der Waals surface area contributed by atoms with Gasteiger partial charge in [-0.05, 0) is 32.6 Å². The monoisotopic (exact) mass is 260 g/mol. The van der Waals surface area contributed by atoms with E-state index in [0.717, 1.165) is 6.42 Å². The number of hydrogen-bond acceptors (Lipinski definition) is 6. The van der Waals surface area contributed by atoms with Crippen LogP contribution >= 0.6 is 0 Å². The largest absolute Gasteiger partial charge is 0.359 e. The van der Waals surface area contributed by atoms with E-state index in [0.29, 0.717) is 18.8 Å². The zero-order valence-electron chi connectivity index (χ0n) is 11.1. The molecule has 0 aromatic carbocycles. The van der Waals surface area contributed by atoms with E-state index in [-0.39, 0.29) is 13.2 Å². The van der Waals surface area contributed by atoms with Crippen molar-refractivity contribution < 1.29 is 29.1 Å². The van der Waals surface area contributed by atoms with Gasteiger partial charge < -0.3 is 0 Å². The molecule has 6 heteroatoms. The van der Waals surface area contributed by atoms with Gasteiger partial charge in [-0.2, -0.15) is 9.78 Å². The van der Waals surface area contributed by atoms with E-state index < -0.39 is 17.4 Å². The molecule has 6 nitrogen and oxygen atoms in total. The molecule has 0 unspecified atom stereocenters. The molecule has 0 bridgehead atoms. The van der Waals surface area contributed by atoms with E-state index >= 15 is 0 Å². The molecule has 1 aliphatic carbocycles. The SMILES string of the molecule is CCOOC(=O)C1(C(=O)OOCC)CC(CC)C1. The molecule has 0 aliphatic heterocycles. The quantitative estimate of drug-likeness (QED) is 0.395. The lowest BCUT2D eigenvalue weighted by Gasteiger charge is -2.41. The van der Waals surface area contributed by atoms with Crippen molar-refractivity contribution in [2.75, 3.05) is 13.2 Å². The summed E-state index contributed by atoms with van der Waals surface area (Å²) < 4.78 is 0. The predicted octanol–water partition coefficient (Wildman–Crippen LogP) is 1.78. The van der Waals surface area contributed by atoms with Crippen LogP contribution in [-0.4, -0.2) is 25.2 Å². The van der Waals surface area contributed by atoms with Gasteiger partial charge in [0, 0.05) is 0 Å². The van der Waals surface area contributed by atoms with E-state index in [1.165, 1.54) is 0 Å². The summed E-state index contributed by atoms with van der Waals surface area (Å²) >= 11 is 0. The summed E-state index contributed by atoms with van der Waals surface area (Å²) in [6.07, 6.45) is 1.74. The van der Waals surface area contributed by atoms with Gasteiger partial charge in [0.2, 0.25) is 0 Å². The first-order chi connectivity index (χ1) is 8.60. The molecule has 104 valence electrons. The van der Waals surface area contributed by atoms with Crippen LogP contribution in [0, 0.1) is 11.3 Å². The summed E-state index contributed by atoms with van der Waals surface area (Å²) in [6.45, 7) is 5.86. The summed E-state index contributed by atoms with van der Waals surface area (Å²) in [5.74, 6) is -1.06. The third kappa shape index (κ3) is 3.00. The van der Waals surface area contributed by atoms with Gasteiger partial charge in [-0.25, -0.2) is 9.59 Å². The minimum Gasteiger partial charge on any atom is -0.297 e. The molecule has 0 amide bonds. The molecule has 0 heterocycles. The molecule has 1 aliphatic rings. The van der Waals surface area contributed by atoms with Gasteiger partial charge in [0.15, 0.2) is 5.41 Å². The van der Waals surface area contributed by atoms with Crippen LogP contribution in [0.15, 0.2) is 0 Å². The molecule has 0 atom stereocenters. The van der Waals surface area contributed by atoms with Crippen LogP contribution in [-0.2, 0) is 29.1 Å². The fraction of sp³-hybridized carbons (Fsp3) is 0.833. The predicted molar refractivity (Wildman–Crippen MR) is 60.9 cm³/mol. The Hall–Kier alpha value is -1.14. The Morgan fingerprint density at radius 1 is 1.00 bits per heavy atom. The maximum Gasteiger partial charge on any atom is 0.359 e. The summed E-state index contributed by atoms with van der Waals surface area (Å²) in [4.78, 5) is 42.1. The third-order valence-electron chi connectivity index (χ3n) is 3.14. The van der Waals surface area contributed by atoms with E-state index in [1.54, 1.807) is 13.8 Å². The highest BCUT2D eigenvalue weighted by Gasteiger charge is 2.59. The Balaban J connectivity index is 2.65. The first-order valence-corrected chi connectivity index (χ1v) is 6.28. The second-order valence-corrected chi connectivity index (χ2v) is 4.32. The number of hydrogen-bond donors (Lipinski definition) is 0. The van der Waals surface area contributed by atoms with Crippen molar-refractivity contribution in [3.05, 3.63) is 0 Å². The molecule has 0 saturated heterocycles. The van der Waals surface area contributed by atoms with Crippen LogP contribution in [0.25, 0.3) is 0 Å². The first kappa shape index (κ1) is 14.9. The summed E-state index contributed by atoms with van der Waals surface area (Å²) in [6, 6.07) is 0. The van der Waals surface area contributed by atoms with Gasteiger partial charge in [-0.3, -0.25) is 9.78 Å². The van der Waals surface area contributed by atoms with E-state index in [9.17, 15) is 9.59 Å². The smallest absolute Gasteiger partial charge is 0.297 e. The van der Waals surface area contributed by atoms with Crippen molar-refractivity contribution in [2.24, 2.45) is 11.3 Å². The molecule has 0 N–H and O–H groups in total. The van der Waals surface area contributed by atoms with Crippen molar-refractivity contribution >= 4 is 11.9 Å². The molecule has 18 heavy (non-hydrogen) atoms. The second-order valence-electron chi connectivity index (χ2n) is 4.32. The number of rotatable bonds is 7. The number of carbonyl (C=O) groups excluding carboxylic acids is 2. The van der Waals surface area contributed by atoms with Gasteiger partial charge in [-0.15, -0.1) is 0 Å². The highest BCUT2D eigenvalue weighted by Crippen LogP contribution is 2.49. The van der Waals surface area contributed by atoms with Crippen molar-refractivity contribution in [3.63, 3.8) is 0 Å². The maximum absolute atomic E-state index is 11.9.